The van der Waals surface area contributed by atoms with Crippen molar-refractivity contribution >= 4 is 126 Å². The number of hydrogen-bond donors (Lipinski definition) is 6. The largest absolute Gasteiger partial charge is 0.358 e. The van der Waals surface area contributed by atoms with E-state index in [1.807, 2.05) is 0 Å². The van der Waals surface area contributed by atoms with Gasteiger partial charge in [-0.05, 0) is 62.4 Å². The van der Waals surface area contributed by atoms with E-state index in [1.165, 1.54) is 70.5 Å². The molecule has 6 heterocycles. The highest BCUT2D eigenvalue weighted by Crippen LogP contribution is 2.47. The Bertz CT molecular complexity index is 3420. The fourth-order valence-corrected chi connectivity index (χ4v) is 8.84. The van der Waals surface area contributed by atoms with E-state index in [0.717, 1.165) is 60.7 Å². The normalized spacial score (nSPS) is 13.1. The molecule has 0 fully saturated rings. The van der Waals surface area contributed by atoms with Gasteiger partial charge in [-0.25, -0.2) is 0 Å². The number of aromatic amines is 6. The van der Waals surface area contributed by atoms with Crippen LogP contribution < -0.4 is 0 Å². The molecule has 0 aliphatic carbocycles. The number of hydrogen-bond acceptors (Lipinski definition) is 0. The second kappa shape index (κ2) is 8.30. The summed E-state index contributed by atoms with van der Waals surface area (Å²) in [4.78, 5) is 22.9. The Hall–Kier alpha value is -6.40. The summed E-state index contributed by atoms with van der Waals surface area (Å²) in [5.74, 6) is 0. The van der Waals surface area contributed by atoms with Crippen molar-refractivity contribution in [3.63, 3.8) is 0 Å². The van der Waals surface area contributed by atoms with Gasteiger partial charge in [0.25, 0.3) is 0 Å². The molecule has 226 valence electrons. The molecular weight excluding hydrogens is 589 g/mol. The summed E-state index contributed by atoms with van der Waals surface area (Å²) in [5.41, 5.74) is 15.0. The maximum Gasteiger partial charge on any atom is 0.0588 e. The van der Waals surface area contributed by atoms with Gasteiger partial charge in [0.05, 0.1) is 16.6 Å². The van der Waals surface area contributed by atoms with Crippen LogP contribution in [0.15, 0.2) is 91.0 Å². The molecule has 0 amide bonds. The average Bonchev–Trinajstić information content (AvgIpc) is 3.93. The smallest absolute Gasteiger partial charge is 0.0588 e. The zero-order chi connectivity index (χ0) is 31.4. The van der Waals surface area contributed by atoms with Crippen molar-refractivity contribution in [3.05, 3.63) is 102 Å². The number of H-pyrrole nitrogens is 6. The summed E-state index contributed by atoms with van der Waals surface area (Å²) in [6.07, 6.45) is 4.32. The second-order valence-electron chi connectivity index (χ2n) is 13.5. The van der Waals surface area contributed by atoms with E-state index >= 15 is 0 Å². The van der Waals surface area contributed by atoms with Crippen molar-refractivity contribution < 1.29 is 0 Å². The number of aryl methyl sites for hydroxylation is 1. The van der Waals surface area contributed by atoms with Gasteiger partial charge in [-0.3, -0.25) is 0 Å². The van der Waals surface area contributed by atoms with E-state index in [2.05, 4.69) is 141 Å². The summed E-state index contributed by atoms with van der Waals surface area (Å²) in [5, 5.41) is 13.5. The van der Waals surface area contributed by atoms with E-state index < -0.39 is 0 Å². The molecule has 6 aromatic heterocycles. The lowest BCUT2D eigenvalue weighted by molar-refractivity contribution is 1.29. The van der Waals surface area contributed by atoms with E-state index in [0.29, 0.717) is 0 Å². The molecule has 6 aromatic carbocycles. The maximum absolute atomic E-state index is 3.94. The fourth-order valence-electron chi connectivity index (χ4n) is 8.84. The van der Waals surface area contributed by atoms with Crippen molar-refractivity contribution in [3.8, 4) is 0 Å². The lowest BCUT2D eigenvalue weighted by Gasteiger charge is -2.01. The molecule has 0 spiro atoms. The van der Waals surface area contributed by atoms with Crippen molar-refractivity contribution in [1.82, 2.24) is 29.9 Å². The average molecular weight is 617 g/mol. The van der Waals surface area contributed by atoms with Crippen LogP contribution in [0.3, 0.4) is 0 Å². The third-order valence-electron chi connectivity index (χ3n) is 10.9. The number of rotatable bonds is 1. The molecule has 0 atom stereocenters. The molecule has 0 saturated heterocycles. The first-order valence-corrected chi connectivity index (χ1v) is 16.6. The summed E-state index contributed by atoms with van der Waals surface area (Å²) in [6.45, 7) is 4.23. The number of para-hydroxylation sites is 2. The van der Waals surface area contributed by atoms with E-state index in [9.17, 15) is 0 Å². The minimum absolute atomic E-state index is 1.13. The highest BCUT2D eigenvalue weighted by Gasteiger charge is 2.23. The second-order valence-corrected chi connectivity index (χ2v) is 13.5. The summed E-state index contributed by atoms with van der Waals surface area (Å²) in [6, 6.07) is 31.1. The molecule has 0 aliphatic heterocycles. The number of allylic oxidation sites excluding steroid dienone is 1. The Morgan fingerprint density at radius 3 is 1.27 bits per heavy atom. The van der Waals surface area contributed by atoms with Gasteiger partial charge >= 0.3 is 0 Å². The van der Waals surface area contributed by atoms with Gasteiger partial charge in [0.2, 0.25) is 0 Å². The monoisotopic (exact) mass is 616 g/mol. The van der Waals surface area contributed by atoms with Crippen LogP contribution in [0.5, 0.6) is 0 Å². The molecule has 6 N–H and O–H groups in total. The van der Waals surface area contributed by atoms with Crippen LogP contribution in [0.2, 0.25) is 0 Å². The van der Waals surface area contributed by atoms with Crippen LogP contribution in [0.25, 0.3) is 126 Å². The Balaban J connectivity index is 1.31. The van der Waals surface area contributed by atoms with E-state index in [4.69, 9.17) is 0 Å². The molecule has 0 saturated carbocycles. The van der Waals surface area contributed by atoms with Gasteiger partial charge in [0.1, 0.15) is 0 Å². The number of nitrogens with one attached hydrogen (secondary N) is 6. The topological polar surface area (TPSA) is 94.7 Å². The summed E-state index contributed by atoms with van der Waals surface area (Å²) in [7, 11) is 0. The lowest BCUT2D eigenvalue weighted by atomic mass is 10.0. The van der Waals surface area contributed by atoms with Crippen LogP contribution in [0, 0.1) is 6.92 Å². The first-order valence-electron chi connectivity index (χ1n) is 16.6. The quantitative estimate of drug-likeness (QED) is 0.106. The zero-order valence-electron chi connectivity index (χ0n) is 26.2. The van der Waals surface area contributed by atoms with Gasteiger partial charge in [-0.1, -0.05) is 48.6 Å². The van der Waals surface area contributed by atoms with Crippen LogP contribution >= 0.6 is 0 Å². The Labute approximate surface area is 271 Å². The molecule has 0 bridgehead atoms. The molecule has 6 nitrogen and oxygen atoms in total. The Morgan fingerprint density at radius 2 is 0.792 bits per heavy atom. The fraction of sp³-hybridized carbons (Fsp3) is 0.0476. The highest BCUT2D eigenvalue weighted by atomic mass is 14.8. The minimum Gasteiger partial charge on any atom is -0.358 e. The van der Waals surface area contributed by atoms with Crippen LogP contribution in [-0.2, 0) is 0 Å². The molecule has 48 heavy (non-hydrogen) atoms. The number of aromatic nitrogens is 6. The first-order chi connectivity index (χ1) is 23.6. The zero-order valence-corrected chi connectivity index (χ0v) is 26.2. The Morgan fingerprint density at radius 1 is 0.396 bits per heavy atom. The molecule has 12 rings (SSSR count). The number of benzene rings is 6. The van der Waals surface area contributed by atoms with E-state index in [1.54, 1.807) is 0 Å². The lowest BCUT2D eigenvalue weighted by Crippen LogP contribution is -1.78. The van der Waals surface area contributed by atoms with Crippen LogP contribution in [0.4, 0.5) is 0 Å². The minimum atomic E-state index is 1.13. The number of fused-ring (bicyclic) bond motifs is 19. The SMILES string of the molecule is C/C=C\c1c(C)[nH]c2cc3c(cc12)[nH]c1c3c2[nH]c3cc4c(cc3c2c2[nH]c3cc5c(cc3c12)[nH]c1ccccc15)[nH]c1ccccc14. The van der Waals surface area contributed by atoms with Crippen LogP contribution in [-0.4, -0.2) is 29.9 Å². The molecule has 0 aliphatic rings. The van der Waals surface area contributed by atoms with Gasteiger partial charge in [-0.2, -0.15) is 0 Å². The predicted octanol–water partition coefficient (Wildman–Crippen LogP) is 11.7. The third-order valence-corrected chi connectivity index (χ3v) is 10.9. The first kappa shape index (κ1) is 24.8. The van der Waals surface area contributed by atoms with Gasteiger partial charge in [0, 0.05) is 115 Å². The van der Waals surface area contributed by atoms with Crippen molar-refractivity contribution in [1.29, 1.82) is 0 Å². The molecular formula is C42H28N6. The van der Waals surface area contributed by atoms with Crippen molar-refractivity contribution in [2.75, 3.05) is 0 Å². The maximum atomic E-state index is 3.94. The molecule has 6 heteroatoms. The standard InChI is InChI=1S/C42H28N6/c1-3-8-20-19(2)43-31-16-26-34(13-23(20)31)46-40-37(26)41-39(28-18-33-24(14-35(28)47-41)21-9-4-6-11-29(21)45-33)42-38(40)27-17-32-25(15-36(27)48-42)22-10-5-7-12-30(22)44-32/h3-18,43-48H,1-2H3/b8-3-. The van der Waals surface area contributed by atoms with Crippen LogP contribution in [0.1, 0.15) is 18.2 Å². The van der Waals surface area contributed by atoms with Gasteiger partial charge < -0.3 is 29.9 Å². The molecule has 0 unspecified atom stereocenters. The van der Waals surface area contributed by atoms with Crippen molar-refractivity contribution in [2.24, 2.45) is 0 Å². The predicted molar refractivity (Wildman–Crippen MR) is 205 cm³/mol. The molecule has 0 radical (unpaired) electrons. The van der Waals surface area contributed by atoms with E-state index in [-0.39, 0.29) is 0 Å². The summed E-state index contributed by atoms with van der Waals surface area (Å²) >= 11 is 0. The van der Waals surface area contributed by atoms with Crippen molar-refractivity contribution in [2.45, 2.75) is 13.8 Å². The molecule has 12 aromatic rings. The van der Waals surface area contributed by atoms with Gasteiger partial charge in [0.15, 0.2) is 0 Å². The third kappa shape index (κ3) is 2.90. The summed E-state index contributed by atoms with van der Waals surface area (Å²) < 4.78 is 0. The van der Waals surface area contributed by atoms with Gasteiger partial charge in [-0.15, -0.1) is 0 Å². The Kier molecular flexibility index (Phi) is 4.28. The highest BCUT2D eigenvalue weighted by molar-refractivity contribution is 6.40.